The minimum atomic E-state index is -3.03. The van der Waals surface area contributed by atoms with Crippen LogP contribution in [-0.2, 0) is 33.9 Å². The van der Waals surface area contributed by atoms with Crippen LogP contribution in [0.5, 0.6) is 0 Å². The van der Waals surface area contributed by atoms with Crippen LogP contribution in [0.3, 0.4) is 0 Å². The summed E-state index contributed by atoms with van der Waals surface area (Å²) in [5, 5.41) is -0.342. The molecular formula is C20H28FNO3S. The Morgan fingerprint density at radius 3 is 2.50 bits per heavy atom. The lowest BCUT2D eigenvalue weighted by Gasteiger charge is -2.32. The van der Waals surface area contributed by atoms with E-state index in [-0.39, 0.29) is 22.8 Å². The highest BCUT2D eigenvalue weighted by atomic mass is 32.2. The molecule has 26 heavy (non-hydrogen) atoms. The molecule has 1 fully saturated rings. The Morgan fingerprint density at radius 1 is 1.19 bits per heavy atom. The highest BCUT2D eigenvalue weighted by molar-refractivity contribution is 7.91. The molecular weight excluding hydrogens is 353 g/mol. The standard InChI is InChI=1S/C20H28FNO3S/c1-14(2)26(24,25)13-15-5-7-22(8-6-15)20(23)10-16-3-4-17-11-19(21)12-18(17)9-16/h3-4,9,14-15,19H,5-8,10-13H2,1-2H3. The number of piperidine rings is 1. The number of likely N-dealkylation sites (tertiary alicyclic amines) is 1. The molecule has 0 spiro atoms. The van der Waals surface area contributed by atoms with Gasteiger partial charge in [-0.25, -0.2) is 12.8 Å². The minimum absolute atomic E-state index is 0.0740. The zero-order chi connectivity index (χ0) is 18.9. The van der Waals surface area contributed by atoms with Crippen molar-refractivity contribution in [2.75, 3.05) is 18.8 Å². The molecule has 1 saturated heterocycles. The van der Waals surface area contributed by atoms with Gasteiger partial charge in [0.2, 0.25) is 5.91 Å². The van der Waals surface area contributed by atoms with Gasteiger partial charge in [-0.1, -0.05) is 18.2 Å². The van der Waals surface area contributed by atoms with Gasteiger partial charge in [0.05, 0.1) is 17.4 Å². The molecule has 1 atom stereocenters. The average molecular weight is 382 g/mol. The van der Waals surface area contributed by atoms with Crippen LogP contribution in [0.15, 0.2) is 18.2 Å². The molecule has 0 saturated carbocycles. The molecule has 0 aromatic heterocycles. The van der Waals surface area contributed by atoms with E-state index in [1.165, 1.54) is 0 Å². The fourth-order valence-corrected chi connectivity index (χ4v) is 5.26. The summed E-state index contributed by atoms with van der Waals surface area (Å²) in [6, 6.07) is 5.84. The van der Waals surface area contributed by atoms with Crippen LogP contribution >= 0.6 is 0 Å². The summed E-state index contributed by atoms with van der Waals surface area (Å²) in [6.45, 7) is 4.68. The van der Waals surface area contributed by atoms with Crippen LogP contribution in [-0.4, -0.2) is 49.5 Å². The highest BCUT2D eigenvalue weighted by Crippen LogP contribution is 2.26. The minimum Gasteiger partial charge on any atom is -0.342 e. The second-order valence-electron chi connectivity index (χ2n) is 7.99. The second-order valence-corrected chi connectivity index (χ2v) is 10.6. The van der Waals surface area contributed by atoms with E-state index in [9.17, 15) is 17.6 Å². The molecule has 144 valence electrons. The number of halogens is 1. The number of fused-ring (bicyclic) bond motifs is 1. The van der Waals surface area contributed by atoms with E-state index in [1.807, 2.05) is 23.1 Å². The molecule has 0 bridgehead atoms. The van der Waals surface area contributed by atoms with Crippen LogP contribution in [0.2, 0.25) is 0 Å². The number of alkyl halides is 1. The summed E-state index contributed by atoms with van der Waals surface area (Å²) < 4.78 is 37.6. The van der Waals surface area contributed by atoms with Gasteiger partial charge < -0.3 is 4.90 Å². The fraction of sp³-hybridized carbons (Fsp3) is 0.650. The molecule has 1 aliphatic carbocycles. The van der Waals surface area contributed by atoms with Gasteiger partial charge >= 0.3 is 0 Å². The number of carbonyl (C=O) groups is 1. The maximum atomic E-state index is 13.5. The van der Waals surface area contributed by atoms with Crippen LogP contribution in [0.4, 0.5) is 4.39 Å². The second kappa shape index (κ2) is 7.67. The summed E-state index contributed by atoms with van der Waals surface area (Å²) in [4.78, 5) is 14.4. The van der Waals surface area contributed by atoms with Crippen molar-refractivity contribution in [3.8, 4) is 0 Å². The summed E-state index contributed by atoms with van der Waals surface area (Å²) in [5.74, 6) is 0.444. The van der Waals surface area contributed by atoms with Crippen molar-refractivity contribution in [2.24, 2.45) is 5.92 Å². The Bertz CT molecular complexity index is 767. The van der Waals surface area contributed by atoms with E-state index in [0.29, 0.717) is 32.4 Å². The van der Waals surface area contributed by atoms with Gasteiger partial charge in [-0.3, -0.25) is 4.79 Å². The van der Waals surface area contributed by atoms with Crippen LogP contribution < -0.4 is 0 Å². The van der Waals surface area contributed by atoms with Crippen molar-refractivity contribution < 1.29 is 17.6 Å². The summed E-state index contributed by atoms with van der Waals surface area (Å²) in [7, 11) is -3.03. The van der Waals surface area contributed by atoms with E-state index in [4.69, 9.17) is 0 Å². The van der Waals surface area contributed by atoms with Crippen molar-refractivity contribution in [2.45, 2.75) is 57.4 Å². The zero-order valence-electron chi connectivity index (χ0n) is 15.6. The molecule has 1 amide bonds. The SMILES string of the molecule is CC(C)S(=O)(=O)CC1CCN(C(=O)Cc2ccc3c(c2)CC(F)C3)CC1. The lowest BCUT2D eigenvalue weighted by molar-refractivity contribution is -0.131. The summed E-state index contributed by atoms with van der Waals surface area (Å²) in [6.07, 6.45) is 1.96. The monoisotopic (exact) mass is 381 g/mol. The third-order valence-electron chi connectivity index (χ3n) is 5.66. The molecule has 6 heteroatoms. The molecule has 2 aliphatic rings. The van der Waals surface area contributed by atoms with Gasteiger partial charge in [0, 0.05) is 25.9 Å². The molecule has 0 N–H and O–H groups in total. The average Bonchev–Trinajstić information content (AvgIpc) is 2.94. The first-order chi connectivity index (χ1) is 12.2. The van der Waals surface area contributed by atoms with Gasteiger partial charge in [-0.15, -0.1) is 0 Å². The van der Waals surface area contributed by atoms with Crippen molar-refractivity contribution in [3.05, 3.63) is 34.9 Å². The van der Waals surface area contributed by atoms with Crippen molar-refractivity contribution >= 4 is 15.7 Å². The zero-order valence-corrected chi connectivity index (χ0v) is 16.4. The van der Waals surface area contributed by atoms with E-state index < -0.39 is 16.0 Å². The molecule has 1 aromatic rings. The smallest absolute Gasteiger partial charge is 0.226 e. The molecule has 1 unspecified atom stereocenters. The number of sulfone groups is 1. The van der Waals surface area contributed by atoms with E-state index in [0.717, 1.165) is 29.5 Å². The van der Waals surface area contributed by atoms with Crippen molar-refractivity contribution in [1.29, 1.82) is 0 Å². The lowest BCUT2D eigenvalue weighted by Crippen LogP contribution is -2.41. The summed E-state index contributed by atoms with van der Waals surface area (Å²) in [5.41, 5.74) is 3.02. The highest BCUT2D eigenvalue weighted by Gasteiger charge is 2.28. The first-order valence-electron chi connectivity index (χ1n) is 9.48. The number of benzene rings is 1. The predicted octanol–water partition coefficient (Wildman–Crippen LogP) is 2.73. The van der Waals surface area contributed by atoms with E-state index in [1.54, 1.807) is 13.8 Å². The summed E-state index contributed by atoms with van der Waals surface area (Å²) >= 11 is 0. The first kappa shape index (κ1) is 19.3. The Balaban J connectivity index is 1.52. The maximum Gasteiger partial charge on any atom is 0.226 e. The predicted molar refractivity (Wildman–Crippen MR) is 101 cm³/mol. The number of rotatable bonds is 5. The third kappa shape index (κ3) is 4.45. The van der Waals surface area contributed by atoms with Crippen molar-refractivity contribution in [3.63, 3.8) is 0 Å². The van der Waals surface area contributed by atoms with Gasteiger partial charge in [-0.2, -0.15) is 0 Å². The molecule has 0 radical (unpaired) electrons. The quantitative estimate of drug-likeness (QED) is 0.788. The number of hydrogen-bond acceptors (Lipinski definition) is 3. The van der Waals surface area contributed by atoms with E-state index >= 15 is 0 Å². The largest absolute Gasteiger partial charge is 0.342 e. The number of amides is 1. The maximum absolute atomic E-state index is 13.5. The molecule has 3 rings (SSSR count). The Hall–Kier alpha value is -1.43. The molecule has 1 heterocycles. The van der Waals surface area contributed by atoms with Crippen LogP contribution in [0.1, 0.15) is 43.4 Å². The van der Waals surface area contributed by atoms with Crippen LogP contribution in [0.25, 0.3) is 0 Å². The van der Waals surface area contributed by atoms with Gasteiger partial charge in [-0.05, 0) is 49.3 Å². The molecule has 1 aromatic carbocycles. The van der Waals surface area contributed by atoms with E-state index in [2.05, 4.69) is 0 Å². The molecule has 4 nitrogen and oxygen atoms in total. The van der Waals surface area contributed by atoms with Crippen LogP contribution in [0, 0.1) is 5.92 Å². The number of nitrogens with zero attached hydrogens (tertiary/aromatic N) is 1. The fourth-order valence-electron chi connectivity index (χ4n) is 3.88. The Kier molecular flexibility index (Phi) is 5.70. The number of carbonyl (C=O) groups excluding carboxylic acids is 1. The number of hydrogen-bond donors (Lipinski definition) is 0. The van der Waals surface area contributed by atoms with Gasteiger partial charge in [0.25, 0.3) is 0 Å². The lowest BCUT2D eigenvalue weighted by atomic mass is 9.98. The topological polar surface area (TPSA) is 54.5 Å². The van der Waals surface area contributed by atoms with Crippen molar-refractivity contribution in [1.82, 2.24) is 4.90 Å². The third-order valence-corrected chi connectivity index (χ3v) is 8.03. The first-order valence-corrected chi connectivity index (χ1v) is 11.2. The van der Waals surface area contributed by atoms with Gasteiger partial charge in [0.1, 0.15) is 6.17 Å². The Morgan fingerprint density at radius 2 is 1.85 bits per heavy atom. The molecule has 1 aliphatic heterocycles. The normalized spacial score (nSPS) is 21.2. The van der Waals surface area contributed by atoms with Gasteiger partial charge in [0.15, 0.2) is 9.84 Å². The Labute approximate surface area is 155 Å².